The van der Waals surface area contributed by atoms with Gasteiger partial charge in [0.1, 0.15) is 6.04 Å². The topological polar surface area (TPSA) is 70.0 Å². The summed E-state index contributed by atoms with van der Waals surface area (Å²) in [5.41, 5.74) is 0. The standard InChI is InChI=1S/C11H12BrClN2O2S/c1-7(2)11(6-14)15-18(16,17)8-3-4-9(12)10(13)5-8/h3-5,7,11,15H,1-2H3/t11-/m0/s1. The van der Waals surface area contributed by atoms with E-state index in [1.54, 1.807) is 19.9 Å². The summed E-state index contributed by atoms with van der Waals surface area (Å²) in [7, 11) is -3.73. The molecule has 18 heavy (non-hydrogen) atoms. The van der Waals surface area contributed by atoms with Gasteiger partial charge in [-0.2, -0.15) is 9.98 Å². The quantitative estimate of drug-likeness (QED) is 0.906. The molecule has 1 N–H and O–H groups in total. The molecule has 1 aromatic rings. The summed E-state index contributed by atoms with van der Waals surface area (Å²) in [5.74, 6) is -0.115. The summed E-state index contributed by atoms with van der Waals surface area (Å²) >= 11 is 9.03. The van der Waals surface area contributed by atoms with Gasteiger partial charge >= 0.3 is 0 Å². The molecule has 7 heteroatoms. The second-order valence-electron chi connectivity index (χ2n) is 4.05. The van der Waals surface area contributed by atoms with Crippen LogP contribution in [0, 0.1) is 17.2 Å². The van der Waals surface area contributed by atoms with Crippen molar-refractivity contribution >= 4 is 37.6 Å². The van der Waals surface area contributed by atoms with E-state index in [4.69, 9.17) is 16.9 Å². The first kappa shape index (κ1) is 15.4. The highest BCUT2D eigenvalue weighted by atomic mass is 79.9. The average Bonchev–Trinajstić information content (AvgIpc) is 2.29. The Morgan fingerprint density at radius 1 is 1.44 bits per heavy atom. The molecule has 0 saturated heterocycles. The van der Waals surface area contributed by atoms with E-state index in [0.717, 1.165) is 0 Å². The second-order valence-corrected chi connectivity index (χ2v) is 7.02. The molecule has 0 aliphatic heterocycles. The number of hydrogen-bond donors (Lipinski definition) is 1. The molecule has 0 fully saturated rings. The lowest BCUT2D eigenvalue weighted by molar-refractivity contribution is 0.515. The van der Waals surface area contributed by atoms with E-state index in [1.165, 1.54) is 12.1 Å². The fraction of sp³-hybridized carbons (Fsp3) is 0.364. The van der Waals surface area contributed by atoms with Gasteiger partial charge in [-0.15, -0.1) is 0 Å². The van der Waals surface area contributed by atoms with Gasteiger partial charge in [-0.25, -0.2) is 8.42 Å². The number of nitrogens with one attached hydrogen (secondary N) is 1. The molecule has 1 aromatic carbocycles. The summed E-state index contributed by atoms with van der Waals surface area (Å²) in [6.45, 7) is 3.54. The number of nitriles is 1. The van der Waals surface area contributed by atoms with E-state index < -0.39 is 16.1 Å². The number of sulfonamides is 1. The van der Waals surface area contributed by atoms with Gasteiger partial charge < -0.3 is 0 Å². The second kappa shape index (κ2) is 6.02. The molecule has 98 valence electrons. The molecule has 0 aliphatic rings. The fourth-order valence-corrected chi connectivity index (χ4v) is 3.00. The van der Waals surface area contributed by atoms with Crippen LogP contribution >= 0.6 is 27.5 Å². The molecule has 1 atom stereocenters. The Labute approximate surface area is 120 Å². The SMILES string of the molecule is CC(C)[C@H](C#N)NS(=O)(=O)c1ccc(Br)c(Cl)c1. The predicted molar refractivity (Wildman–Crippen MR) is 73.7 cm³/mol. The molecular formula is C11H12BrClN2O2S. The summed E-state index contributed by atoms with van der Waals surface area (Å²) in [6, 6.07) is 5.46. The smallest absolute Gasteiger partial charge is 0.207 e. The van der Waals surface area contributed by atoms with Gasteiger partial charge in [-0.05, 0) is 40.0 Å². The zero-order valence-electron chi connectivity index (χ0n) is 9.81. The first-order chi connectivity index (χ1) is 8.27. The third kappa shape index (κ3) is 3.69. The van der Waals surface area contributed by atoms with Gasteiger partial charge in [0.2, 0.25) is 10.0 Å². The van der Waals surface area contributed by atoms with Crippen LogP contribution in [-0.2, 0) is 10.0 Å². The third-order valence-corrected chi connectivity index (χ3v) is 4.96. The van der Waals surface area contributed by atoms with E-state index >= 15 is 0 Å². The molecule has 0 amide bonds. The van der Waals surface area contributed by atoms with Crippen LogP contribution in [0.3, 0.4) is 0 Å². The van der Waals surface area contributed by atoms with E-state index in [2.05, 4.69) is 20.7 Å². The first-order valence-corrected chi connectivity index (χ1v) is 7.80. The predicted octanol–water partition coefficient (Wildman–Crippen LogP) is 2.93. The van der Waals surface area contributed by atoms with Crippen LogP contribution in [0.15, 0.2) is 27.6 Å². The molecule has 1 rings (SSSR count). The van der Waals surface area contributed by atoms with Gasteiger partial charge in [0.25, 0.3) is 0 Å². The van der Waals surface area contributed by atoms with Gasteiger partial charge in [0.15, 0.2) is 0 Å². The number of benzene rings is 1. The maximum atomic E-state index is 12.0. The average molecular weight is 352 g/mol. The van der Waals surface area contributed by atoms with Crippen molar-refractivity contribution in [1.82, 2.24) is 4.72 Å². The Hall–Kier alpha value is -0.610. The maximum Gasteiger partial charge on any atom is 0.241 e. The summed E-state index contributed by atoms with van der Waals surface area (Å²) < 4.78 is 27.0. The van der Waals surface area contributed by atoms with Crippen LogP contribution < -0.4 is 4.72 Å². The highest BCUT2D eigenvalue weighted by molar-refractivity contribution is 9.10. The zero-order valence-corrected chi connectivity index (χ0v) is 13.0. The van der Waals surface area contributed by atoms with Crippen molar-refractivity contribution in [3.63, 3.8) is 0 Å². The van der Waals surface area contributed by atoms with E-state index in [-0.39, 0.29) is 10.8 Å². The lowest BCUT2D eigenvalue weighted by Crippen LogP contribution is -2.37. The Morgan fingerprint density at radius 3 is 2.50 bits per heavy atom. The Bertz CT molecular complexity index is 581. The minimum atomic E-state index is -3.73. The normalized spacial score (nSPS) is 13.3. The third-order valence-electron chi connectivity index (χ3n) is 2.29. The number of hydrogen-bond acceptors (Lipinski definition) is 3. The van der Waals surface area contributed by atoms with Gasteiger partial charge in [-0.1, -0.05) is 25.4 Å². The Balaban J connectivity index is 3.07. The van der Waals surface area contributed by atoms with E-state index in [0.29, 0.717) is 9.50 Å². The van der Waals surface area contributed by atoms with Crippen molar-refractivity contribution in [2.24, 2.45) is 5.92 Å². The van der Waals surface area contributed by atoms with Gasteiger partial charge in [0.05, 0.1) is 16.0 Å². The molecule has 0 spiro atoms. The minimum Gasteiger partial charge on any atom is -0.207 e. The number of nitrogens with zero attached hydrogens (tertiary/aromatic N) is 1. The van der Waals surface area contributed by atoms with Crippen molar-refractivity contribution in [2.45, 2.75) is 24.8 Å². The van der Waals surface area contributed by atoms with Crippen molar-refractivity contribution in [3.8, 4) is 6.07 Å². The highest BCUT2D eigenvalue weighted by Crippen LogP contribution is 2.25. The van der Waals surface area contributed by atoms with E-state index in [1.807, 2.05) is 6.07 Å². The molecular weight excluding hydrogens is 340 g/mol. The zero-order chi connectivity index (χ0) is 13.9. The fourth-order valence-electron chi connectivity index (χ4n) is 1.19. The van der Waals surface area contributed by atoms with Crippen molar-refractivity contribution in [2.75, 3.05) is 0 Å². The Kier molecular flexibility index (Phi) is 5.17. The van der Waals surface area contributed by atoms with E-state index in [9.17, 15) is 8.42 Å². The van der Waals surface area contributed by atoms with Crippen LogP contribution in [-0.4, -0.2) is 14.5 Å². The molecule has 0 aromatic heterocycles. The van der Waals surface area contributed by atoms with Gasteiger partial charge in [-0.3, -0.25) is 0 Å². The van der Waals surface area contributed by atoms with Crippen molar-refractivity contribution in [3.05, 3.63) is 27.7 Å². The minimum absolute atomic E-state index is 0.0385. The molecule has 0 aliphatic carbocycles. The molecule has 0 saturated carbocycles. The summed E-state index contributed by atoms with van der Waals surface area (Å²) in [6.07, 6.45) is 0. The van der Waals surface area contributed by atoms with Crippen LogP contribution in [0.2, 0.25) is 5.02 Å². The summed E-state index contributed by atoms with van der Waals surface area (Å²) in [4.78, 5) is 0.0385. The largest absolute Gasteiger partial charge is 0.241 e. The first-order valence-electron chi connectivity index (χ1n) is 5.15. The molecule has 0 radical (unpaired) electrons. The summed E-state index contributed by atoms with van der Waals surface area (Å²) in [5, 5.41) is 9.20. The lowest BCUT2D eigenvalue weighted by Gasteiger charge is -2.15. The van der Waals surface area contributed by atoms with Crippen LogP contribution in [0.25, 0.3) is 0 Å². The van der Waals surface area contributed by atoms with Crippen LogP contribution in [0.5, 0.6) is 0 Å². The lowest BCUT2D eigenvalue weighted by atomic mass is 10.1. The number of halogens is 2. The molecule has 0 bridgehead atoms. The van der Waals surface area contributed by atoms with Crippen molar-refractivity contribution in [1.29, 1.82) is 5.26 Å². The maximum absolute atomic E-state index is 12.0. The molecule has 4 nitrogen and oxygen atoms in total. The van der Waals surface area contributed by atoms with Crippen LogP contribution in [0.4, 0.5) is 0 Å². The Morgan fingerprint density at radius 2 is 2.06 bits per heavy atom. The van der Waals surface area contributed by atoms with Crippen LogP contribution in [0.1, 0.15) is 13.8 Å². The van der Waals surface area contributed by atoms with Gasteiger partial charge in [0, 0.05) is 4.47 Å². The highest BCUT2D eigenvalue weighted by Gasteiger charge is 2.22. The monoisotopic (exact) mass is 350 g/mol. The number of rotatable bonds is 4. The molecule has 0 unspecified atom stereocenters. The molecule has 0 heterocycles. The van der Waals surface area contributed by atoms with Crippen molar-refractivity contribution < 1.29 is 8.42 Å².